The number of hydrogen-bond acceptors (Lipinski definition) is 5. The quantitative estimate of drug-likeness (QED) is 0.286. The molecular weight excluding hydrogens is 509 g/mol. The van der Waals surface area contributed by atoms with Crippen LogP contribution >= 0.6 is 11.6 Å². The number of ketones is 1. The van der Waals surface area contributed by atoms with Crippen molar-refractivity contribution in [2.45, 2.75) is 0 Å². The topological polar surface area (TPSA) is 102 Å². The van der Waals surface area contributed by atoms with Crippen molar-refractivity contribution in [2.75, 3.05) is 10.6 Å². The Bertz CT molecular complexity index is 1680. The summed E-state index contributed by atoms with van der Waals surface area (Å²) in [7, 11) is 0. The summed E-state index contributed by atoms with van der Waals surface area (Å²) in [6, 6.07) is 8.62. The zero-order valence-electron chi connectivity index (χ0n) is 18.5. The summed E-state index contributed by atoms with van der Waals surface area (Å²) in [6.07, 6.45) is 6.27. The Kier molecular flexibility index (Phi) is 6.28. The van der Waals surface area contributed by atoms with Gasteiger partial charge >= 0.3 is 6.03 Å². The van der Waals surface area contributed by atoms with E-state index in [0.29, 0.717) is 16.9 Å². The zero-order chi connectivity index (χ0) is 26.1. The molecule has 0 saturated carbocycles. The van der Waals surface area contributed by atoms with Crippen molar-refractivity contribution in [1.82, 2.24) is 19.5 Å². The molecule has 0 aliphatic heterocycles. The third kappa shape index (κ3) is 4.84. The highest BCUT2D eigenvalue weighted by Crippen LogP contribution is 2.26. The van der Waals surface area contributed by atoms with Gasteiger partial charge in [-0.2, -0.15) is 0 Å². The molecule has 8 nitrogen and oxygen atoms in total. The number of aromatic nitrogens is 4. The lowest BCUT2D eigenvalue weighted by atomic mass is 10.0. The van der Waals surface area contributed by atoms with E-state index in [0.717, 1.165) is 24.3 Å². The van der Waals surface area contributed by atoms with Crippen molar-refractivity contribution in [3.8, 4) is 5.82 Å². The van der Waals surface area contributed by atoms with Gasteiger partial charge in [0.05, 0.1) is 33.5 Å². The maximum Gasteiger partial charge on any atom is 0.323 e. The number of hydrogen-bond donors (Lipinski definition) is 2. The summed E-state index contributed by atoms with van der Waals surface area (Å²) in [5.41, 5.74) is -0.419. The highest BCUT2D eigenvalue weighted by molar-refractivity contribution is 6.31. The van der Waals surface area contributed by atoms with E-state index in [4.69, 9.17) is 11.6 Å². The molecule has 3 aromatic carbocycles. The van der Waals surface area contributed by atoms with Crippen molar-refractivity contribution >= 4 is 45.8 Å². The molecule has 184 valence electrons. The number of nitrogens with zero attached hydrogens (tertiary/aromatic N) is 4. The smallest absolute Gasteiger partial charge is 0.308 e. The standard InChI is InChI=1S/C25H14ClF3N6O2/c26-15-10-14(2-3-16(15)27)32-25(37)34-19-6-4-17(28)22(23(19)29)24(36)13-1-5-18-20(9-13)33-21(11-31-18)35-8-7-30-12-35/h1-12H,(H2,32,34,37). The van der Waals surface area contributed by atoms with Gasteiger partial charge in [0, 0.05) is 23.6 Å². The second-order valence-corrected chi connectivity index (χ2v) is 8.13. The van der Waals surface area contributed by atoms with Gasteiger partial charge in [0.15, 0.2) is 17.4 Å². The summed E-state index contributed by atoms with van der Waals surface area (Å²) < 4.78 is 44.8. The minimum absolute atomic E-state index is 0.0371. The number of amides is 2. The molecule has 0 fully saturated rings. The number of anilines is 2. The number of imidazole rings is 1. The minimum Gasteiger partial charge on any atom is -0.308 e. The normalized spacial score (nSPS) is 10.9. The number of urea groups is 1. The molecule has 2 heterocycles. The molecule has 0 spiro atoms. The molecule has 12 heteroatoms. The SMILES string of the molecule is O=C(Nc1ccc(F)c(Cl)c1)Nc1ccc(F)c(C(=O)c2ccc3ncc(-n4ccnc4)nc3c2)c1F. The molecule has 5 aromatic rings. The highest BCUT2D eigenvalue weighted by Gasteiger charge is 2.23. The Hall–Kier alpha value is -4.77. The van der Waals surface area contributed by atoms with Crippen LogP contribution in [0.3, 0.4) is 0 Å². The molecule has 0 atom stereocenters. The number of halogens is 4. The van der Waals surface area contributed by atoms with Crippen LogP contribution in [0.15, 0.2) is 73.4 Å². The Morgan fingerprint density at radius 3 is 2.49 bits per heavy atom. The van der Waals surface area contributed by atoms with Crippen LogP contribution in [0, 0.1) is 17.5 Å². The predicted octanol–water partition coefficient (Wildman–Crippen LogP) is 5.76. The number of nitrogens with one attached hydrogen (secondary N) is 2. The van der Waals surface area contributed by atoms with Crippen LogP contribution < -0.4 is 10.6 Å². The first kappa shape index (κ1) is 23.9. The van der Waals surface area contributed by atoms with Crippen LogP contribution in [-0.4, -0.2) is 31.3 Å². The van der Waals surface area contributed by atoms with Gasteiger partial charge in [0.25, 0.3) is 0 Å². The van der Waals surface area contributed by atoms with Crippen molar-refractivity contribution in [3.05, 3.63) is 107 Å². The number of carbonyl (C=O) groups is 2. The monoisotopic (exact) mass is 522 g/mol. The summed E-state index contributed by atoms with van der Waals surface area (Å²) in [4.78, 5) is 38.1. The summed E-state index contributed by atoms with van der Waals surface area (Å²) >= 11 is 5.69. The zero-order valence-corrected chi connectivity index (χ0v) is 19.3. The van der Waals surface area contributed by atoms with Gasteiger partial charge in [0.1, 0.15) is 18.0 Å². The van der Waals surface area contributed by atoms with E-state index in [1.807, 2.05) is 0 Å². The molecule has 0 aliphatic carbocycles. The molecule has 0 radical (unpaired) electrons. The molecule has 0 unspecified atom stereocenters. The first-order valence-electron chi connectivity index (χ1n) is 10.6. The van der Waals surface area contributed by atoms with Crippen molar-refractivity contribution in [3.63, 3.8) is 0 Å². The van der Waals surface area contributed by atoms with Crippen molar-refractivity contribution in [1.29, 1.82) is 0 Å². The average molecular weight is 523 g/mol. The van der Waals surface area contributed by atoms with Gasteiger partial charge in [-0.05, 0) is 48.5 Å². The third-order valence-electron chi connectivity index (χ3n) is 5.30. The summed E-state index contributed by atoms with van der Waals surface area (Å²) in [5.74, 6) is -3.58. The average Bonchev–Trinajstić information content (AvgIpc) is 3.42. The van der Waals surface area contributed by atoms with E-state index in [2.05, 4.69) is 25.6 Å². The van der Waals surface area contributed by atoms with Crippen LogP contribution in [0.5, 0.6) is 0 Å². The maximum atomic E-state index is 15.2. The molecule has 0 saturated heterocycles. The summed E-state index contributed by atoms with van der Waals surface area (Å²) in [5, 5.41) is 4.33. The summed E-state index contributed by atoms with van der Waals surface area (Å²) in [6.45, 7) is 0. The fraction of sp³-hybridized carbons (Fsp3) is 0. The van der Waals surface area contributed by atoms with Gasteiger partial charge in [0.2, 0.25) is 0 Å². The molecule has 0 bridgehead atoms. The molecular formula is C25H14ClF3N6O2. The molecule has 2 amide bonds. The largest absolute Gasteiger partial charge is 0.323 e. The lowest BCUT2D eigenvalue weighted by Gasteiger charge is -2.12. The lowest BCUT2D eigenvalue weighted by molar-refractivity contribution is 0.103. The van der Waals surface area contributed by atoms with Crippen molar-refractivity contribution in [2.24, 2.45) is 0 Å². The van der Waals surface area contributed by atoms with E-state index in [-0.39, 0.29) is 16.3 Å². The van der Waals surface area contributed by atoms with E-state index in [1.54, 1.807) is 17.0 Å². The Morgan fingerprint density at radius 1 is 0.919 bits per heavy atom. The van der Waals surface area contributed by atoms with E-state index >= 15 is 4.39 Å². The van der Waals surface area contributed by atoms with E-state index in [9.17, 15) is 18.4 Å². The van der Waals surface area contributed by atoms with Gasteiger partial charge in [-0.1, -0.05) is 11.6 Å². The van der Waals surface area contributed by atoms with Crippen LogP contribution in [-0.2, 0) is 0 Å². The molecule has 37 heavy (non-hydrogen) atoms. The van der Waals surface area contributed by atoms with Gasteiger partial charge in [-0.25, -0.2) is 27.9 Å². The maximum absolute atomic E-state index is 15.2. The number of fused-ring (bicyclic) bond motifs is 1. The van der Waals surface area contributed by atoms with Gasteiger partial charge in [-0.3, -0.25) is 14.3 Å². The first-order chi connectivity index (χ1) is 17.8. The van der Waals surface area contributed by atoms with Crippen LogP contribution in [0.1, 0.15) is 15.9 Å². The lowest BCUT2D eigenvalue weighted by Crippen LogP contribution is -2.21. The van der Waals surface area contributed by atoms with Crippen LogP contribution in [0.25, 0.3) is 16.9 Å². The second kappa shape index (κ2) is 9.70. The number of rotatable bonds is 5. The molecule has 5 rings (SSSR count). The Morgan fingerprint density at radius 2 is 1.73 bits per heavy atom. The van der Waals surface area contributed by atoms with Crippen molar-refractivity contribution < 1.29 is 22.8 Å². The second-order valence-electron chi connectivity index (χ2n) is 7.72. The fourth-order valence-electron chi connectivity index (χ4n) is 3.52. The van der Waals surface area contributed by atoms with Gasteiger partial charge in [-0.15, -0.1) is 0 Å². The third-order valence-corrected chi connectivity index (χ3v) is 5.59. The fourth-order valence-corrected chi connectivity index (χ4v) is 3.70. The predicted molar refractivity (Wildman–Crippen MR) is 131 cm³/mol. The number of carbonyl (C=O) groups excluding carboxylic acids is 2. The molecule has 2 aromatic heterocycles. The number of benzene rings is 3. The molecule has 0 aliphatic rings. The van der Waals surface area contributed by atoms with Gasteiger partial charge < -0.3 is 10.6 Å². The van der Waals surface area contributed by atoms with Crippen LogP contribution in [0.4, 0.5) is 29.3 Å². The molecule has 2 N–H and O–H groups in total. The van der Waals surface area contributed by atoms with E-state index < -0.39 is 40.5 Å². The van der Waals surface area contributed by atoms with Crippen LogP contribution in [0.2, 0.25) is 5.02 Å². The Balaban J connectivity index is 1.43. The first-order valence-corrected chi connectivity index (χ1v) is 11.0. The minimum atomic E-state index is -1.27. The van der Waals surface area contributed by atoms with E-state index in [1.165, 1.54) is 36.8 Å². The highest BCUT2D eigenvalue weighted by atomic mass is 35.5. The Labute approximate surface area is 211 Å².